The molecule has 0 aliphatic carbocycles. The average molecular weight is 514 g/mol. The van der Waals surface area contributed by atoms with Crippen molar-refractivity contribution in [1.82, 2.24) is 24.3 Å². The van der Waals surface area contributed by atoms with Crippen LogP contribution in [0.2, 0.25) is 0 Å². The molecule has 0 amide bonds. The van der Waals surface area contributed by atoms with E-state index < -0.39 is 5.82 Å². The average Bonchev–Trinajstić information content (AvgIpc) is 3.42. The number of Topliss-reactive ketones (excluding diaryl/α,β-unsaturated/α-hetero) is 1. The predicted octanol–water partition coefficient (Wildman–Crippen LogP) is 5.03. The van der Waals surface area contributed by atoms with Gasteiger partial charge in [0.05, 0.1) is 17.1 Å². The molecule has 2 aromatic carbocycles. The highest BCUT2D eigenvalue weighted by atomic mass is 19.1. The van der Waals surface area contributed by atoms with E-state index in [0.29, 0.717) is 16.9 Å². The lowest BCUT2D eigenvalue weighted by atomic mass is 9.92. The number of pyridine rings is 1. The number of hydrogen-bond donors (Lipinski definition) is 1. The highest BCUT2D eigenvalue weighted by Crippen LogP contribution is 2.29. The highest BCUT2D eigenvalue weighted by molar-refractivity contribution is 5.83. The number of imidazole rings is 1. The van der Waals surface area contributed by atoms with Crippen LogP contribution in [0.3, 0.4) is 0 Å². The Bertz CT molecular complexity index is 1690. The Morgan fingerprint density at radius 2 is 1.82 bits per heavy atom. The van der Waals surface area contributed by atoms with Gasteiger partial charge in [0.1, 0.15) is 22.9 Å². The number of ether oxygens (including phenoxy) is 1. The van der Waals surface area contributed by atoms with Crippen LogP contribution in [-0.4, -0.2) is 30.1 Å². The van der Waals surface area contributed by atoms with Gasteiger partial charge in [-0.25, -0.2) is 18.9 Å². The Morgan fingerprint density at radius 1 is 1.05 bits per heavy atom. The summed E-state index contributed by atoms with van der Waals surface area (Å²) in [6.07, 6.45) is 1.55. The first-order chi connectivity index (χ1) is 18.1. The Morgan fingerprint density at radius 3 is 2.53 bits per heavy atom. The fraction of sp³-hybridized carbons (Fsp3) is 0.241. The van der Waals surface area contributed by atoms with Crippen LogP contribution in [0.4, 0.5) is 4.39 Å². The molecule has 0 aliphatic rings. The second-order valence-corrected chi connectivity index (χ2v) is 10.3. The van der Waals surface area contributed by atoms with Crippen molar-refractivity contribution in [2.75, 3.05) is 0 Å². The van der Waals surface area contributed by atoms with Gasteiger partial charge in [-0.05, 0) is 29.8 Å². The molecule has 1 N–H and O–H groups in total. The van der Waals surface area contributed by atoms with Crippen molar-refractivity contribution in [3.63, 3.8) is 0 Å². The molecule has 194 valence electrons. The van der Waals surface area contributed by atoms with Gasteiger partial charge in [0.2, 0.25) is 0 Å². The normalized spacial score (nSPS) is 11.7. The maximum Gasteiger partial charge on any atom is 0.327 e. The summed E-state index contributed by atoms with van der Waals surface area (Å²) in [5.74, 6) is -0.0657. The minimum atomic E-state index is -0.545. The lowest BCUT2D eigenvalue weighted by molar-refractivity contribution is -0.117. The number of halogens is 1. The van der Waals surface area contributed by atoms with Crippen molar-refractivity contribution >= 4 is 16.9 Å². The number of aryl methyl sites for hydroxylation is 1. The maximum atomic E-state index is 15.0. The smallest absolute Gasteiger partial charge is 0.327 e. The largest absolute Gasteiger partial charge is 0.455 e. The summed E-state index contributed by atoms with van der Waals surface area (Å²) >= 11 is 0. The molecule has 5 aromatic rings. The number of rotatable bonds is 7. The SMILES string of the molecule is Cn1c(=O)[nH]c2nccc(Oc3ccc(CC(=O)Cc4cc(C(C)(C)C)nn4-c4ccccc4)c(F)c3)c21. The summed E-state index contributed by atoms with van der Waals surface area (Å²) < 4.78 is 24.1. The van der Waals surface area contributed by atoms with Gasteiger partial charge in [-0.1, -0.05) is 45.0 Å². The van der Waals surface area contributed by atoms with Crippen molar-refractivity contribution in [3.05, 3.63) is 100 Å². The number of nitrogens with zero attached hydrogens (tertiary/aromatic N) is 4. The number of aromatic nitrogens is 5. The molecule has 3 heterocycles. The zero-order valence-corrected chi connectivity index (χ0v) is 21.7. The molecular weight excluding hydrogens is 485 g/mol. The molecule has 0 fully saturated rings. The molecule has 9 heteroatoms. The van der Waals surface area contributed by atoms with E-state index in [1.807, 2.05) is 36.4 Å². The van der Waals surface area contributed by atoms with Crippen molar-refractivity contribution in [3.8, 4) is 17.2 Å². The second-order valence-electron chi connectivity index (χ2n) is 10.3. The molecule has 8 nitrogen and oxygen atoms in total. The Hall–Kier alpha value is -4.53. The quantitative estimate of drug-likeness (QED) is 0.329. The van der Waals surface area contributed by atoms with Crippen molar-refractivity contribution in [2.24, 2.45) is 7.05 Å². The van der Waals surface area contributed by atoms with Crippen molar-refractivity contribution in [1.29, 1.82) is 0 Å². The lowest BCUT2D eigenvalue weighted by Crippen LogP contribution is -2.13. The third-order valence-corrected chi connectivity index (χ3v) is 6.32. The molecular formula is C29H28FN5O3. The van der Waals surface area contributed by atoms with Crippen LogP contribution in [0.25, 0.3) is 16.9 Å². The van der Waals surface area contributed by atoms with Crippen molar-refractivity contribution in [2.45, 2.75) is 39.0 Å². The maximum absolute atomic E-state index is 15.0. The second kappa shape index (κ2) is 9.74. The van der Waals surface area contributed by atoms with Crippen LogP contribution in [0.1, 0.15) is 37.7 Å². The number of nitrogens with one attached hydrogen (secondary N) is 1. The number of ketones is 1. The Kier molecular flexibility index (Phi) is 6.44. The molecule has 0 aliphatic heterocycles. The Labute approximate surface area is 218 Å². The standard InChI is InChI=1S/C29H28FN5O3/c1-29(2,3)25-16-20(35(33-25)19-8-6-5-7-9-19)15-21(36)14-18-10-11-22(17-23(18)30)38-24-12-13-31-27-26(24)34(4)28(37)32-27/h5-13,16-17H,14-15H2,1-4H3,(H,31,32,37). The number of carbonyl (C=O) groups excluding carboxylic acids is 1. The fourth-order valence-electron chi connectivity index (χ4n) is 4.26. The van der Waals surface area contributed by atoms with Gasteiger partial charge in [0.25, 0.3) is 0 Å². The molecule has 5 rings (SSSR count). The zero-order valence-electron chi connectivity index (χ0n) is 21.7. The number of para-hydroxylation sites is 1. The number of aromatic amines is 1. The summed E-state index contributed by atoms with van der Waals surface area (Å²) in [7, 11) is 1.60. The molecule has 3 aromatic heterocycles. The summed E-state index contributed by atoms with van der Waals surface area (Å²) in [6.45, 7) is 6.21. The van der Waals surface area contributed by atoms with Gasteiger partial charge < -0.3 is 4.74 Å². The topological polar surface area (TPSA) is 94.8 Å². The highest BCUT2D eigenvalue weighted by Gasteiger charge is 2.22. The Balaban J connectivity index is 1.35. The number of benzene rings is 2. The van der Waals surface area contributed by atoms with Gasteiger partial charge in [0, 0.05) is 43.6 Å². The summed E-state index contributed by atoms with van der Waals surface area (Å²) in [6, 6.07) is 17.6. The molecule has 38 heavy (non-hydrogen) atoms. The fourth-order valence-corrected chi connectivity index (χ4v) is 4.26. The first-order valence-electron chi connectivity index (χ1n) is 12.3. The third-order valence-electron chi connectivity index (χ3n) is 6.32. The monoisotopic (exact) mass is 513 g/mol. The summed E-state index contributed by atoms with van der Waals surface area (Å²) in [5, 5.41) is 4.76. The van der Waals surface area contributed by atoms with Crippen LogP contribution < -0.4 is 10.4 Å². The molecule has 0 spiro atoms. The van der Waals surface area contributed by atoms with E-state index in [1.165, 1.54) is 16.8 Å². The molecule has 0 saturated heterocycles. The molecule has 0 atom stereocenters. The van der Waals surface area contributed by atoms with Gasteiger partial charge >= 0.3 is 5.69 Å². The van der Waals surface area contributed by atoms with E-state index >= 15 is 4.39 Å². The first-order valence-corrected chi connectivity index (χ1v) is 12.3. The summed E-state index contributed by atoms with van der Waals surface area (Å²) in [4.78, 5) is 31.8. The van der Waals surface area contributed by atoms with E-state index in [0.717, 1.165) is 17.1 Å². The number of hydrogen-bond acceptors (Lipinski definition) is 5. The van der Waals surface area contributed by atoms with Gasteiger partial charge in [0.15, 0.2) is 11.4 Å². The van der Waals surface area contributed by atoms with E-state index in [1.54, 1.807) is 29.9 Å². The number of fused-ring (bicyclic) bond motifs is 1. The minimum absolute atomic E-state index is 0.0667. The summed E-state index contributed by atoms with van der Waals surface area (Å²) in [5.41, 5.74) is 3.11. The third kappa shape index (κ3) is 5.00. The van der Waals surface area contributed by atoms with Crippen molar-refractivity contribution < 1.29 is 13.9 Å². The zero-order chi connectivity index (χ0) is 27.0. The van der Waals surface area contributed by atoms with Gasteiger partial charge in [-0.3, -0.25) is 14.3 Å². The first kappa shape index (κ1) is 25.1. The van der Waals surface area contributed by atoms with Crippen LogP contribution in [0, 0.1) is 5.82 Å². The van der Waals surface area contributed by atoms with E-state index in [9.17, 15) is 9.59 Å². The van der Waals surface area contributed by atoms with E-state index in [2.05, 4.69) is 30.7 Å². The van der Waals surface area contributed by atoms with Crippen LogP contribution in [0.15, 0.2) is 71.7 Å². The lowest BCUT2D eigenvalue weighted by Gasteiger charge is -2.14. The molecule has 0 unspecified atom stereocenters. The van der Waals surface area contributed by atoms with E-state index in [4.69, 9.17) is 9.84 Å². The molecule has 0 bridgehead atoms. The van der Waals surface area contributed by atoms with Gasteiger partial charge in [-0.2, -0.15) is 5.10 Å². The number of H-pyrrole nitrogens is 1. The minimum Gasteiger partial charge on any atom is -0.455 e. The predicted molar refractivity (Wildman–Crippen MR) is 142 cm³/mol. The van der Waals surface area contributed by atoms with Crippen LogP contribution >= 0.6 is 0 Å². The molecule has 0 radical (unpaired) electrons. The molecule has 0 saturated carbocycles. The van der Waals surface area contributed by atoms with E-state index in [-0.39, 0.29) is 41.0 Å². The van der Waals surface area contributed by atoms with Gasteiger partial charge in [-0.15, -0.1) is 0 Å². The number of carbonyl (C=O) groups is 1. The van der Waals surface area contributed by atoms with Crippen LogP contribution in [0.5, 0.6) is 11.5 Å². The van der Waals surface area contributed by atoms with Crippen LogP contribution in [-0.2, 0) is 30.1 Å².